The van der Waals surface area contributed by atoms with Gasteiger partial charge in [-0.3, -0.25) is 4.79 Å². The van der Waals surface area contributed by atoms with E-state index in [1.165, 1.54) is 7.11 Å². The third-order valence-electron chi connectivity index (χ3n) is 3.64. The Hall–Kier alpha value is -2.04. The molecule has 1 saturated carbocycles. The van der Waals surface area contributed by atoms with Gasteiger partial charge in [0, 0.05) is 6.54 Å². The topological polar surface area (TPSA) is 67.4 Å². The first-order valence-electron chi connectivity index (χ1n) is 5.92. The van der Waals surface area contributed by atoms with E-state index in [0.717, 1.165) is 18.5 Å². The van der Waals surface area contributed by atoms with Crippen LogP contribution in [0.2, 0.25) is 0 Å². The van der Waals surface area contributed by atoms with E-state index in [1.54, 1.807) is 18.2 Å². The fourth-order valence-electron chi connectivity index (χ4n) is 2.20. The zero-order chi connectivity index (χ0) is 12.8. The highest BCUT2D eigenvalue weighted by Gasteiger charge is 2.50. The number of anilines is 2. The Morgan fingerprint density at radius 1 is 1.33 bits per heavy atom. The number of amides is 1. The zero-order valence-electron chi connectivity index (χ0n) is 10.1. The van der Waals surface area contributed by atoms with Crippen LogP contribution in [-0.4, -0.2) is 25.5 Å². The molecule has 0 bridgehead atoms. The molecule has 1 heterocycles. The van der Waals surface area contributed by atoms with Gasteiger partial charge < -0.3 is 15.4 Å². The van der Waals surface area contributed by atoms with E-state index in [-0.39, 0.29) is 11.3 Å². The second-order valence-electron chi connectivity index (χ2n) is 4.84. The molecule has 0 atom stereocenters. The van der Waals surface area contributed by atoms with Crippen molar-refractivity contribution >= 4 is 23.3 Å². The van der Waals surface area contributed by atoms with Gasteiger partial charge in [0.2, 0.25) is 5.91 Å². The lowest BCUT2D eigenvalue weighted by Crippen LogP contribution is -2.27. The molecule has 2 aliphatic rings. The molecular weight excluding hydrogens is 232 g/mol. The Balaban J connectivity index is 1.95. The molecule has 0 saturated heterocycles. The lowest BCUT2D eigenvalue weighted by atomic mass is 10.1. The van der Waals surface area contributed by atoms with Gasteiger partial charge in [-0.2, -0.15) is 0 Å². The van der Waals surface area contributed by atoms with Crippen molar-refractivity contribution in [3.05, 3.63) is 23.8 Å². The van der Waals surface area contributed by atoms with Crippen LogP contribution in [0, 0.1) is 5.41 Å². The van der Waals surface area contributed by atoms with Crippen molar-refractivity contribution in [1.82, 2.24) is 0 Å². The van der Waals surface area contributed by atoms with E-state index in [1.807, 2.05) is 0 Å². The zero-order valence-corrected chi connectivity index (χ0v) is 10.1. The Morgan fingerprint density at radius 3 is 2.78 bits per heavy atom. The van der Waals surface area contributed by atoms with Gasteiger partial charge in [0.15, 0.2) is 0 Å². The first kappa shape index (κ1) is 11.1. The van der Waals surface area contributed by atoms with Crippen molar-refractivity contribution < 1.29 is 14.3 Å². The van der Waals surface area contributed by atoms with Gasteiger partial charge in [0.05, 0.1) is 29.5 Å². The van der Waals surface area contributed by atoms with Gasteiger partial charge in [-0.05, 0) is 31.0 Å². The minimum Gasteiger partial charge on any atom is -0.465 e. The number of esters is 1. The van der Waals surface area contributed by atoms with Crippen LogP contribution in [0.25, 0.3) is 0 Å². The van der Waals surface area contributed by atoms with Gasteiger partial charge in [0.25, 0.3) is 0 Å². The average molecular weight is 246 g/mol. The van der Waals surface area contributed by atoms with Crippen molar-refractivity contribution in [2.45, 2.75) is 12.8 Å². The SMILES string of the molecule is COC(=O)c1ccc2c(c1)NC(=O)C1(CC1)CN2. The lowest BCUT2D eigenvalue weighted by molar-refractivity contribution is -0.120. The summed E-state index contributed by atoms with van der Waals surface area (Å²) in [5.41, 5.74) is 1.68. The van der Waals surface area contributed by atoms with Crippen molar-refractivity contribution in [2.24, 2.45) is 5.41 Å². The normalized spacial score (nSPS) is 19.3. The van der Waals surface area contributed by atoms with Crippen LogP contribution in [-0.2, 0) is 9.53 Å². The molecule has 94 valence electrons. The maximum absolute atomic E-state index is 12.0. The Labute approximate surface area is 105 Å². The predicted molar refractivity (Wildman–Crippen MR) is 66.6 cm³/mol. The van der Waals surface area contributed by atoms with Crippen LogP contribution in [0.15, 0.2) is 18.2 Å². The highest BCUT2D eigenvalue weighted by Crippen LogP contribution is 2.48. The maximum Gasteiger partial charge on any atom is 0.337 e. The minimum atomic E-state index is -0.405. The first-order valence-corrected chi connectivity index (χ1v) is 5.92. The summed E-state index contributed by atoms with van der Waals surface area (Å²) in [7, 11) is 1.34. The number of benzene rings is 1. The largest absolute Gasteiger partial charge is 0.465 e. The van der Waals surface area contributed by atoms with E-state index in [0.29, 0.717) is 17.8 Å². The minimum absolute atomic E-state index is 0.0377. The third-order valence-corrected chi connectivity index (χ3v) is 3.64. The van der Waals surface area contributed by atoms with Crippen molar-refractivity contribution in [1.29, 1.82) is 0 Å². The smallest absolute Gasteiger partial charge is 0.337 e. The molecule has 1 aromatic rings. The number of rotatable bonds is 1. The molecule has 1 aliphatic carbocycles. The molecular formula is C13H14N2O3. The molecule has 3 rings (SSSR count). The number of hydrogen-bond donors (Lipinski definition) is 2. The van der Waals surface area contributed by atoms with E-state index >= 15 is 0 Å². The van der Waals surface area contributed by atoms with Gasteiger partial charge >= 0.3 is 5.97 Å². The summed E-state index contributed by atoms with van der Waals surface area (Å²) in [5, 5.41) is 6.14. The summed E-state index contributed by atoms with van der Waals surface area (Å²) in [4.78, 5) is 23.5. The average Bonchev–Trinajstić information content (AvgIpc) is 3.18. The molecule has 1 aliphatic heterocycles. The van der Waals surface area contributed by atoms with E-state index in [4.69, 9.17) is 0 Å². The number of carbonyl (C=O) groups excluding carboxylic acids is 2. The first-order chi connectivity index (χ1) is 8.64. The highest BCUT2D eigenvalue weighted by atomic mass is 16.5. The number of hydrogen-bond acceptors (Lipinski definition) is 4. The van der Waals surface area contributed by atoms with E-state index < -0.39 is 5.97 Å². The molecule has 0 aromatic heterocycles. The van der Waals surface area contributed by atoms with Crippen LogP contribution in [0.5, 0.6) is 0 Å². The van der Waals surface area contributed by atoms with Crippen LogP contribution in [0.1, 0.15) is 23.2 Å². The standard InChI is InChI=1S/C13H14N2O3/c1-18-11(16)8-2-3-9-10(6-8)15-12(17)13(4-5-13)7-14-9/h2-3,6,14H,4-5,7H2,1H3,(H,15,17). The molecule has 18 heavy (non-hydrogen) atoms. The summed E-state index contributed by atoms with van der Waals surface area (Å²) in [6, 6.07) is 5.13. The molecule has 1 aromatic carbocycles. The van der Waals surface area contributed by atoms with E-state index in [9.17, 15) is 9.59 Å². The summed E-state index contributed by atoms with van der Waals surface area (Å²) in [6.07, 6.45) is 1.84. The lowest BCUT2D eigenvalue weighted by Gasteiger charge is -2.09. The summed E-state index contributed by atoms with van der Waals surface area (Å²) in [6.45, 7) is 0.656. The predicted octanol–water partition coefficient (Wildman–Crippen LogP) is 1.62. The number of ether oxygens (including phenoxy) is 1. The molecule has 1 amide bonds. The number of carbonyl (C=O) groups is 2. The van der Waals surface area contributed by atoms with Crippen LogP contribution in [0.4, 0.5) is 11.4 Å². The summed E-state index contributed by atoms with van der Waals surface area (Å²) >= 11 is 0. The monoisotopic (exact) mass is 246 g/mol. The van der Waals surface area contributed by atoms with Gasteiger partial charge in [-0.25, -0.2) is 4.79 Å². The fourth-order valence-corrected chi connectivity index (χ4v) is 2.20. The fraction of sp³-hybridized carbons (Fsp3) is 0.385. The Morgan fingerprint density at radius 2 is 2.11 bits per heavy atom. The number of fused-ring (bicyclic) bond motifs is 1. The Bertz CT molecular complexity index is 535. The molecule has 5 heteroatoms. The summed E-state index contributed by atoms with van der Waals surface area (Å²) in [5.74, 6) is -0.367. The second kappa shape index (κ2) is 3.73. The van der Waals surface area contributed by atoms with Crippen LogP contribution >= 0.6 is 0 Å². The highest BCUT2D eigenvalue weighted by molar-refractivity contribution is 6.03. The van der Waals surface area contributed by atoms with Crippen molar-refractivity contribution in [2.75, 3.05) is 24.3 Å². The van der Waals surface area contributed by atoms with Crippen LogP contribution < -0.4 is 10.6 Å². The van der Waals surface area contributed by atoms with Gasteiger partial charge in [-0.15, -0.1) is 0 Å². The van der Waals surface area contributed by atoms with Gasteiger partial charge in [-0.1, -0.05) is 0 Å². The quantitative estimate of drug-likeness (QED) is 0.739. The molecule has 0 unspecified atom stereocenters. The molecule has 5 nitrogen and oxygen atoms in total. The Kier molecular flexibility index (Phi) is 2.29. The van der Waals surface area contributed by atoms with Gasteiger partial charge in [0.1, 0.15) is 0 Å². The number of nitrogens with one attached hydrogen (secondary N) is 2. The second-order valence-corrected chi connectivity index (χ2v) is 4.84. The summed E-state index contributed by atoms with van der Waals surface area (Å²) < 4.78 is 4.67. The molecule has 0 radical (unpaired) electrons. The van der Waals surface area contributed by atoms with E-state index in [2.05, 4.69) is 15.4 Å². The molecule has 2 N–H and O–H groups in total. The van der Waals surface area contributed by atoms with Crippen molar-refractivity contribution in [3.8, 4) is 0 Å². The number of methoxy groups -OCH3 is 1. The van der Waals surface area contributed by atoms with Crippen LogP contribution in [0.3, 0.4) is 0 Å². The molecule has 1 fully saturated rings. The maximum atomic E-state index is 12.0. The third kappa shape index (κ3) is 1.63. The molecule has 1 spiro atoms. The van der Waals surface area contributed by atoms with Crippen molar-refractivity contribution in [3.63, 3.8) is 0 Å².